The van der Waals surface area contributed by atoms with Crippen LogP contribution in [0.2, 0.25) is 0 Å². The molecule has 3 fully saturated rings. The van der Waals surface area contributed by atoms with Gasteiger partial charge in [-0.1, -0.05) is 31.1 Å². The molecule has 3 aromatic heterocycles. The lowest BCUT2D eigenvalue weighted by atomic mass is 10.0. The average Bonchev–Trinajstić information content (AvgIpc) is 3.54. The lowest BCUT2D eigenvalue weighted by Gasteiger charge is -2.29. The molecule has 3 N–H and O–H groups in total. The molecule has 5 heterocycles. The summed E-state index contributed by atoms with van der Waals surface area (Å²) in [5.41, 5.74) is -0.185. The van der Waals surface area contributed by atoms with E-state index in [1.54, 1.807) is 18.3 Å². The first kappa shape index (κ1) is 32.9. The predicted octanol–water partition coefficient (Wildman–Crippen LogP) is 4.62. The third kappa shape index (κ3) is 7.10. The van der Waals surface area contributed by atoms with Crippen LogP contribution in [-0.4, -0.2) is 85.2 Å². The summed E-state index contributed by atoms with van der Waals surface area (Å²) in [5, 5.41) is 17.7. The maximum absolute atomic E-state index is 14.4. The number of thiophene rings is 1. The van der Waals surface area contributed by atoms with Crippen LogP contribution in [0, 0.1) is 5.92 Å². The molecule has 49 heavy (non-hydrogen) atoms. The van der Waals surface area contributed by atoms with Crippen molar-refractivity contribution in [3.63, 3.8) is 0 Å². The van der Waals surface area contributed by atoms with Crippen molar-refractivity contribution in [3.8, 4) is 17.4 Å². The van der Waals surface area contributed by atoms with E-state index in [-0.39, 0.29) is 31.4 Å². The number of fused-ring (bicyclic) bond motifs is 3. The van der Waals surface area contributed by atoms with Crippen molar-refractivity contribution >= 4 is 45.4 Å². The Morgan fingerprint density at radius 3 is 2.67 bits per heavy atom. The van der Waals surface area contributed by atoms with Gasteiger partial charge in [0.15, 0.2) is 5.82 Å². The van der Waals surface area contributed by atoms with Crippen LogP contribution in [0.15, 0.2) is 48.0 Å². The summed E-state index contributed by atoms with van der Waals surface area (Å²) in [4.78, 5) is 69.0. The Morgan fingerprint density at radius 1 is 1.04 bits per heavy atom. The van der Waals surface area contributed by atoms with Crippen LogP contribution in [0.25, 0.3) is 21.7 Å². The second-order valence-corrected chi connectivity index (χ2v) is 14.3. The fourth-order valence-electron chi connectivity index (χ4n) is 7.16. The number of aliphatic carboxylic acids is 1. The van der Waals surface area contributed by atoms with Crippen molar-refractivity contribution in [1.82, 2.24) is 30.5 Å². The van der Waals surface area contributed by atoms with E-state index in [1.807, 2.05) is 29.7 Å². The van der Waals surface area contributed by atoms with Crippen LogP contribution in [0.3, 0.4) is 0 Å². The molecule has 13 nitrogen and oxygen atoms in total. The van der Waals surface area contributed by atoms with Crippen LogP contribution in [0.1, 0.15) is 70.6 Å². The monoisotopic (exact) mass is 688 g/mol. The van der Waals surface area contributed by atoms with Gasteiger partial charge >= 0.3 is 12.1 Å². The number of hydrogen-bond donors (Lipinski definition) is 3. The van der Waals surface area contributed by atoms with Gasteiger partial charge in [-0.25, -0.2) is 14.6 Å². The van der Waals surface area contributed by atoms with Crippen molar-refractivity contribution in [1.29, 1.82) is 0 Å². The summed E-state index contributed by atoms with van der Waals surface area (Å²) in [5.74, 6) is -1.76. The molecule has 0 aromatic carbocycles. The molecule has 2 aliphatic carbocycles. The lowest BCUT2D eigenvalue weighted by molar-refractivity contribution is -0.145. The van der Waals surface area contributed by atoms with Crippen molar-refractivity contribution < 1.29 is 33.8 Å². The molecule has 2 aliphatic heterocycles. The van der Waals surface area contributed by atoms with Gasteiger partial charge in [-0.15, -0.1) is 11.3 Å². The molecule has 0 spiro atoms. The molecule has 7 rings (SSSR count). The Bertz CT molecular complexity index is 1740. The molecule has 3 aromatic rings. The van der Waals surface area contributed by atoms with Gasteiger partial charge in [0.05, 0.1) is 12.1 Å². The second kappa shape index (κ2) is 14.1. The number of carbonyl (C=O) groups is 4. The van der Waals surface area contributed by atoms with Crippen LogP contribution in [-0.2, 0) is 19.1 Å². The van der Waals surface area contributed by atoms with E-state index in [0.717, 1.165) is 44.9 Å². The number of allylic oxidation sites excluding steroid dienone is 1. The molecular weight excluding hydrogens is 648 g/mol. The van der Waals surface area contributed by atoms with Crippen molar-refractivity contribution in [2.45, 2.75) is 100 Å². The van der Waals surface area contributed by atoms with Gasteiger partial charge in [-0.05, 0) is 74.9 Å². The highest BCUT2D eigenvalue weighted by molar-refractivity contribution is 7.17. The Labute approximate surface area is 287 Å². The summed E-state index contributed by atoms with van der Waals surface area (Å²) in [7, 11) is 0. The van der Waals surface area contributed by atoms with E-state index in [2.05, 4.69) is 20.6 Å². The normalized spacial score (nSPS) is 27.8. The third-order valence-corrected chi connectivity index (χ3v) is 10.8. The number of aromatic nitrogens is 3. The van der Waals surface area contributed by atoms with E-state index in [0.29, 0.717) is 40.5 Å². The van der Waals surface area contributed by atoms with Crippen LogP contribution in [0.5, 0.6) is 5.88 Å². The van der Waals surface area contributed by atoms with Crippen LogP contribution in [0.4, 0.5) is 4.79 Å². The van der Waals surface area contributed by atoms with Gasteiger partial charge < -0.3 is 30.1 Å². The van der Waals surface area contributed by atoms with E-state index in [9.17, 15) is 24.3 Å². The molecule has 2 saturated carbocycles. The first-order valence-electron chi connectivity index (χ1n) is 17.1. The Hall–Kier alpha value is -4.59. The predicted molar refractivity (Wildman–Crippen MR) is 180 cm³/mol. The maximum Gasteiger partial charge on any atom is 0.408 e. The number of carboxylic acid groups (broad SMARTS) is 1. The smallest absolute Gasteiger partial charge is 0.408 e. The van der Waals surface area contributed by atoms with Crippen LogP contribution >= 0.6 is 11.3 Å². The molecule has 0 radical (unpaired) electrons. The van der Waals surface area contributed by atoms with Crippen molar-refractivity contribution in [2.24, 2.45) is 5.92 Å². The molecule has 3 amide bonds. The molecule has 0 unspecified atom stereocenters. The Kier molecular flexibility index (Phi) is 9.48. The number of nitrogens with one attached hydrogen (secondary N) is 2. The largest absolute Gasteiger partial charge is 0.479 e. The zero-order chi connectivity index (χ0) is 34.0. The molecule has 0 bridgehead atoms. The summed E-state index contributed by atoms with van der Waals surface area (Å²) in [6.07, 6.45) is 11.4. The molecule has 258 valence electrons. The maximum atomic E-state index is 14.4. The van der Waals surface area contributed by atoms with Crippen molar-refractivity contribution in [3.05, 3.63) is 48.0 Å². The van der Waals surface area contributed by atoms with E-state index in [4.69, 9.17) is 14.5 Å². The topological polar surface area (TPSA) is 173 Å². The molecule has 14 heteroatoms. The third-order valence-electron chi connectivity index (χ3n) is 9.93. The molecular formula is C35H40N6O7S. The Morgan fingerprint density at radius 2 is 1.88 bits per heavy atom. The van der Waals surface area contributed by atoms with E-state index >= 15 is 0 Å². The minimum Gasteiger partial charge on any atom is -0.479 e. The zero-order valence-electron chi connectivity index (χ0n) is 27.1. The zero-order valence-corrected chi connectivity index (χ0v) is 27.9. The van der Waals surface area contributed by atoms with Gasteiger partial charge in [-0.2, -0.15) is 4.98 Å². The number of carboxylic acids is 1. The van der Waals surface area contributed by atoms with E-state index in [1.165, 1.54) is 16.2 Å². The highest BCUT2D eigenvalue weighted by atomic mass is 32.1. The molecule has 5 atom stereocenters. The molecule has 1 saturated heterocycles. The highest BCUT2D eigenvalue weighted by Gasteiger charge is 2.61. The van der Waals surface area contributed by atoms with Gasteiger partial charge in [0.1, 0.15) is 40.2 Å². The lowest BCUT2D eigenvalue weighted by Crippen LogP contribution is -2.56. The number of nitrogens with zero attached hydrogens (tertiary/aromatic N) is 4. The number of alkyl carbamates (subject to hydrolysis) is 1. The quantitative estimate of drug-likeness (QED) is 0.310. The number of pyridine rings is 1. The second-order valence-electron chi connectivity index (χ2n) is 13.3. The van der Waals surface area contributed by atoms with Crippen molar-refractivity contribution in [2.75, 3.05) is 6.54 Å². The van der Waals surface area contributed by atoms with Gasteiger partial charge in [-0.3, -0.25) is 14.6 Å². The Balaban J connectivity index is 1.18. The fraction of sp³-hybridized carbons (Fsp3) is 0.514. The van der Waals surface area contributed by atoms with Gasteiger partial charge in [0.25, 0.3) is 0 Å². The van der Waals surface area contributed by atoms with E-state index < -0.39 is 47.6 Å². The summed E-state index contributed by atoms with van der Waals surface area (Å²) < 4.78 is 12.8. The summed E-state index contributed by atoms with van der Waals surface area (Å²) >= 11 is 1.42. The number of ether oxygens (including phenoxy) is 2. The SMILES string of the molecule is O=C(N[C@H]1CCCCCC=C[C@@H]2C[C@@]2(C(=O)O)NC(=O)[C@@H]2C[C@@H](Oc3nc(-c4ccccn4)nc4ccsc34)CN2C1=O)OC1CCCC1. The highest BCUT2D eigenvalue weighted by Crippen LogP contribution is 2.45. The fourth-order valence-corrected chi connectivity index (χ4v) is 7.93. The number of rotatable bonds is 6. The summed E-state index contributed by atoms with van der Waals surface area (Å²) in [6.45, 7) is 0.0337. The first-order chi connectivity index (χ1) is 23.8. The van der Waals surface area contributed by atoms with Gasteiger partial charge in [0.2, 0.25) is 17.7 Å². The van der Waals surface area contributed by atoms with Crippen LogP contribution < -0.4 is 15.4 Å². The number of carbonyl (C=O) groups excluding carboxylic acids is 3. The number of hydrogen-bond acceptors (Lipinski definition) is 10. The molecule has 4 aliphatic rings. The van der Waals surface area contributed by atoms with Gasteiger partial charge in [0, 0.05) is 18.5 Å². The number of amides is 3. The standard InChI is InChI=1S/C35H40N6O7S/c42-30-27-18-23(47-31-28-24(15-17-49-28)37-29(39-31)25-13-8-9-16-36-25)20-41(27)32(43)26(38-34(46)48-22-11-6-7-12-22)14-5-3-1-2-4-10-21-19-35(21,40-30)33(44)45/h4,8-10,13,15-17,21-23,26-27H,1-3,5-7,11-12,14,18-20H2,(H,38,46)(H,40,42)(H,44,45)/t21-,23-,26+,27+,35-/m1/s1. The minimum absolute atomic E-state index is 0.0337. The first-order valence-corrected chi connectivity index (χ1v) is 18.0. The minimum atomic E-state index is -1.43. The summed E-state index contributed by atoms with van der Waals surface area (Å²) in [6, 6.07) is 5.35. The average molecular weight is 689 g/mol.